The first kappa shape index (κ1) is 14.7. The van der Waals surface area contributed by atoms with E-state index in [-0.39, 0.29) is 12.1 Å². The molecule has 1 aromatic rings. The van der Waals surface area contributed by atoms with Crippen molar-refractivity contribution in [2.45, 2.75) is 45.6 Å². The molecule has 0 heterocycles. The molecule has 0 radical (unpaired) electrons. The van der Waals surface area contributed by atoms with Crippen molar-refractivity contribution >= 4 is 17.4 Å². The van der Waals surface area contributed by atoms with E-state index < -0.39 is 0 Å². The third kappa shape index (κ3) is 3.89. The van der Waals surface area contributed by atoms with Crippen LogP contribution in [0.5, 0.6) is 0 Å². The molecule has 0 bridgehead atoms. The molecule has 2 atom stereocenters. The number of carbonyl (C=O) groups is 1. The lowest BCUT2D eigenvalue weighted by Gasteiger charge is -2.34. The van der Waals surface area contributed by atoms with Crippen molar-refractivity contribution in [2.24, 2.45) is 11.8 Å². The van der Waals surface area contributed by atoms with Gasteiger partial charge in [-0.2, -0.15) is 0 Å². The van der Waals surface area contributed by atoms with Gasteiger partial charge in [0, 0.05) is 17.4 Å². The number of hydrogen-bond donors (Lipinski definition) is 3. The summed E-state index contributed by atoms with van der Waals surface area (Å²) in [4.78, 5) is 12.1. The summed E-state index contributed by atoms with van der Waals surface area (Å²) in [7, 11) is 0. The van der Waals surface area contributed by atoms with Gasteiger partial charge in [-0.05, 0) is 42.9 Å². The molecule has 1 aliphatic carbocycles. The molecule has 20 heavy (non-hydrogen) atoms. The molecular formula is C16H25N3O. The highest BCUT2D eigenvalue weighted by molar-refractivity contribution is 5.89. The zero-order chi connectivity index (χ0) is 14.5. The van der Waals surface area contributed by atoms with E-state index in [1.807, 2.05) is 12.1 Å². The Morgan fingerprint density at radius 1 is 1.30 bits per heavy atom. The van der Waals surface area contributed by atoms with Crippen LogP contribution in [0.25, 0.3) is 0 Å². The molecule has 2 rings (SSSR count). The second-order valence-corrected chi connectivity index (χ2v) is 6.02. The van der Waals surface area contributed by atoms with E-state index in [9.17, 15) is 4.79 Å². The fraction of sp³-hybridized carbons (Fsp3) is 0.562. The molecule has 0 aliphatic heterocycles. The Morgan fingerprint density at radius 2 is 2.05 bits per heavy atom. The third-order valence-electron chi connectivity index (χ3n) is 4.14. The number of anilines is 2. The molecule has 110 valence electrons. The summed E-state index contributed by atoms with van der Waals surface area (Å²) in [5, 5.41) is 5.99. The quantitative estimate of drug-likeness (QED) is 0.738. The SMILES string of the molecule is CC(C)C1CCCCC1NC(=O)Nc1cccc(N)c1. The largest absolute Gasteiger partial charge is 0.399 e. The fourth-order valence-electron chi connectivity index (χ4n) is 3.09. The van der Waals surface area contributed by atoms with Crippen LogP contribution in [0, 0.1) is 11.8 Å². The molecule has 0 aromatic heterocycles. The normalized spacial score (nSPS) is 22.6. The van der Waals surface area contributed by atoms with Crippen LogP contribution in [0.1, 0.15) is 39.5 Å². The van der Waals surface area contributed by atoms with Crippen LogP contribution in [0.15, 0.2) is 24.3 Å². The van der Waals surface area contributed by atoms with Crippen molar-refractivity contribution < 1.29 is 4.79 Å². The van der Waals surface area contributed by atoms with Gasteiger partial charge >= 0.3 is 6.03 Å². The van der Waals surface area contributed by atoms with Crippen molar-refractivity contribution in [1.29, 1.82) is 0 Å². The lowest BCUT2D eigenvalue weighted by Crippen LogP contribution is -2.45. The Hall–Kier alpha value is -1.71. The number of nitrogens with one attached hydrogen (secondary N) is 2. The van der Waals surface area contributed by atoms with E-state index in [1.54, 1.807) is 12.1 Å². The summed E-state index contributed by atoms with van der Waals surface area (Å²) < 4.78 is 0. The van der Waals surface area contributed by atoms with Crippen molar-refractivity contribution in [2.75, 3.05) is 11.1 Å². The number of amides is 2. The van der Waals surface area contributed by atoms with Crippen LogP contribution in [0.4, 0.5) is 16.2 Å². The number of benzene rings is 1. The monoisotopic (exact) mass is 275 g/mol. The number of nitrogen functional groups attached to an aromatic ring is 1. The highest BCUT2D eigenvalue weighted by atomic mass is 16.2. The number of hydrogen-bond acceptors (Lipinski definition) is 2. The molecule has 1 saturated carbocycles. The second kappa shape index (κ2) is 6.64. The van der Waals surface area contributed by atoms with E-state index >= 15 is 0 Å². The van der Waals surface area contributed by atoms with Gasteiger partial charge in [0.1, 0.15) is 0 Å². The Balaban J connectivity index is 1.93. The highest BCUT2D eigenvalue weighted by Gasteiger charge is 2.28. The first-order valence-corrected chi connectivity index (χ1v) is 7.49. The van der Waals surface area contributed by atoms with Gasteiger partial charge in [-0.1, -0.05) is 32.8 Å². The van der Waals surface area contributed by atoms with Crippen LogP contribution in [-0.2, 0) is 0 Å². The molecular weight excluding hydrogens is 250 g/mol. The van der Waals surface area contributed by atoms with Gasteiger partial charge in [-0.3, -0.25) is 0 Å². The topological polar surface area (TPSA) is 67.2 Å². The summed E-state index contributed by atoms with van der Waals surface area (Å²) in [6.07, 6.45) is 4.76. The van der Waals surface area contributed by atoms with Gasteiger partial charge in [0.2, 0.25) is 0 Å². The Bertz CT molecular complexity index is 459. The molecule has 0 saturated heterocycles. The van der Waals surface area contributed by atoms with Gasteiger partial charge in [0.05, 0.1) is 0 Å². The summed E-state index contributed by atoms with van der Waals surface area (Å²) in [5.41, 5.74) is 7.10. The fourth-order valence-corrected chi connectivity index (χ4v) is 3.09. The zero-order valence-corrected chi connectivity index (χ0v) is 12.4. The van der Waals surface area contributed by atoms with Crippen LogP contribution in [0.3, 0.4) is 0 Å². The predicted molar refractivity (Wildman–Crippen MR) is 83.6 cm³/mol. The van der Waals surface area contributed by atoms with Crippen LogP contribution in [0.2, 0.25) is 0 Å². The van der Waals surface area contributed by atoms with Crippen LogP contribution < -0.4 is 16.4 Å². The molecule has 4 heteroatoms. The maximum absolute atomic E-state index is 12.1. The molecule has 1 fully saturated rings. The summed E-state index contributed by atoms with van der Waals surface area (Å²) >= 11 is 0. The van der Waals surface area contributed by atoms with Crippen molar-refractivity contribution in [1.82, 2.24) is 5.32 Å². The Kier molecular flexibility index (Phi) is 4.88. The predicted octanol–water partition coefficient (Wildman–Crippen LogP) is 3.61. The van der Waals surface area contributed by atoms with E-state index in [0.717, 1.165) is 12.1 Å². The molecule has 1 aromatic carbocycles. The van der Waals surface area contributed by atoms with Crippen molar-refractivity contribution in [3.8, 4) is 0 Å². The average molecular weight is 275 g/mol. The first-order valence-electron chi connectivity index (χ1n) is 7.49. The smallest absolute Gasteiger partial charge is 0.319 e. The minimum absolute atomic E-state index is 0.131. The number of nitrogens with two attached hydrogens (primary N) is 1. The Labute approximate surface area is 121 Å². The Morgan fingerprint density at radius 3 is 2.75 bits per heavy atom. The highest BCUT2D eigenvalue weighted by Crippen LogP contribution is 2.30. The first-order chi connectivity index (χ1) is 9.56. The van der Waals surface area contributed by atoms with Crippen LogP contribution >= 0.6 is 0 Å². The van der Waals surface area contributed by atoms with Gasteiger partial charge in [-0.15, -0.1) is 0 Å². The third-order valence-corrected chi connectivity index (χ3v) is 4.14. The van der Waals surface area contributed by atoms with Crippen molar-refractivity contribution in [3.63, 3.8) is 0 Å². The van der Waals surface area contributed by atoms with Gasteiger partial charge in [0.25, 0.3) is 0 Å². The lowest BCUT2D eigenvalue weighted by atomic mass is 9.78. The minimum Gasteiger partial charge on any atom is -0.399 e. The standard InChI is InChI=1S/C16H25N3O/c1-11(2)14-8-3-4-9-15(14)19-16(20)18-13-7-5-6-12(17)10-13/h5-7,10-11,14-15H,3-4,8-9,17H2,1-2H3,(H2,18,19,20). The minimum atomic E-state index is -0.131. The number of urea groups is 1. The van der Waals surface area contributed by atoms with Crippen LogP contribution in [-0.4, -0.2) is 12.1 Å². The molecule has 1 aliphatic rings. The molecule has 2 amide bonds. The summed E-state index contributed by atoms with van der Waals surface area (Å²) in [6.45, 7) is 4.47. The summed E-state index contributed by atoms with van der Waals surface area (Å²) in [6, 6.07) is 7.40. The molecule has 2 unspecified atom stereocenters. The molecule has 0 spiro atoms. The van der Waals surface area contributed by atoms with Gasteiger partial charge < -0.3 is 16.4 Å². The zero-order valence-electron chi connectivity index (χ0n) is 12.4. The van der Waals surface area contributed by atoms with Gasteiger partial charge in [-0.25, -0.2) is 4.79 Å². The van der Waals surface area contributed by atoms with E-state index in [0.29, 0.717) is 17.5 Å². The number of carbonyl (C=O) groups excluding carboxylic acids is 1. The summed E-state index contributed by atoms with van der Waals surface area (Å²) in [5.74, 6) is 1.18. The average Bonchev–Trinajstić information content (AvgIpc) is 2.38. The second-order valence-electron chi connectivity index (χ2n) is 6.02. The molecule has 4 N–H and O–H groups in total. The van der Waals surface area contributed by atoms with E-state index in [4.69, 9.17) is 5.73 Å². The molecule has 4 nitrogen and oxygen atoms in total. The maximum atomic E-state index is 12.1. The number of rotatable bonds is 3. The van der Waals surface area contributed by atoms with E-state index in [2.05, 4.69) is 24.5 Å². The lowest BCUT2D eigenvalue weighted by molar-refractivity contribution is 0.200. The van der Waals surface area contributed by atoms with Crippen molar-refractivity contribution in [3.05, 3.63) is 24.3 Å². The van der Waals surface area contributed by atoms with E-state index in [1.165, 1.54) is 19.3 Å². The van der Waals surface area contributed by atoms with Gasteiger partial charge in [0.15, 0.2) is 0 Å². The maximum Gasteiger partial charge on any atom is 0.319 e.